The summed E-state index contributed by atoms with van der Waals surface area (Å²) in [5.74, 6) is -0.504. The van der Waals surface area contributed by atoms with Crippen LogP contribution in [0.2, 0.25) is 0 Å². The number of carbonyl (C=O) groups excluding carboxylic acids is 1. The van der Waals surface area contributed by atoms with Crippen LogP contribution in [0.5, 0.6) is 0 Å². The van der Waals surface area contributed by atoms with Crippen molar-refractivity contribution in [2.75, 3.05) is 6.61 Å². The zero-order valence-electron chi connectivity index (χ0n) is 13.3. The number of hydrogen-bond donors (Lipinski definition) is 0. The van der Waals surface area contributed by atoms with Crippen molar-refractivity contribution in [3.8, 4) is 5.69 Å². The van der Waals surface area contributed by atoms with Crippen LogP contribution < -0.4 is 0 Å². The molecule has 0 aliphatic heterocycles. The molecule has 2 aromatic rings. The Morgan fingerprint density at radius 2 is 1.95 bits per heavy atom. The number of rotatable bonds is 4. The number of carbonyl (C=O) groups is 1. The molecule has 0 radical (unpaired) electrons. The average Bonchev–Trinajstić information content (AvgIpc) is 2.74. The van der Waals surface area contributed by atoms with Crippen LogP contribution in [0.1, 0.15) is 42.3 Å². The molecule has 0 spiro atoms. The van der Waals surface area contributed by atoms with Gasteiger partial charge < -0.3 is 4.74 Å². The minimum atomic E-state index is -0.303. The summed E-state index contributed by atoms with van der Waals surface area (Å²) >= 11 is 0. The van der Waals surface area contributed by atoms with Crippen LogP contribution in [0.15, 0.2) is 24.3 Å². The Labute approximate surface area is 125 Å². The van der Waals surface area contributed by atoms with Crippen molar-refractivity contribution in [1.82, 2.24) is 9.78 Å². The maximum absolute atomic E-state index is 12.0. The van der Waals surface area contributed by atoms with E-state index in [1.165, 1.54) is 0 Å². The first-order chi connectivity index (χ1) is 9.97. The Balaban J connectivity index is 2.48. The number of aryl methyl sites for hydroxylation is 2. The highest BCUT2D eigenvalue weighted by atomic mass is 16.5. The molecule has 0 amide bonds. The summed E-state index contributed by atoms with van der Waals surface area (Å²) in [6.07, 6.45) is 0. The largest absolute Gasteiger partial charge is 0.466 e. The minimum absolute atomic E-state index is 0.201. The van der Waals surface area contributed by atoms with Crippen molar-refractivity contribution in [3.05, 3.63) is 46.8 Å². The molecule has 0 aliphatic rings. The van der Waals surface area contributed by atoms with Crippen LogP contribution in [-0.2, 0) is 9.53 Å². The Morgan fingerprint density at radius 1 is 1.29 bits per heavy atom. The van der Waals surface area contributed by atoms with Crippen LogP contribution in [0, 0.1) is 20.8 Å². The topological polar surface area (TPSA) is 44.1 Å². The molecular formula is C17H22N2O2. The first kappa shape index (κ1) is 15.3. The SMILES string of the molecule is CCOC(=O)C(C)c1c(C)nn(-c2ccccc2C)c1C. The second kappa shape index (κ2) is 6.12. The third-order valence-corrected chi connectivity index (χ3v) is 3.76. The van der Waals surface area contributed by atoms with Crippen LogP contribution in [-0.4, -0.2) is 22.4 Å². The van der Waals surface area contributed by atoms with Gasteiger partial charge in [0.15, 0.2) is 0 Å². The van der Waals surface area contributed by atoms with Gasteiger partial charge in [-0.3, -0.25) is 4.79 Å². The molecule has 0 fully saturated rings. The summed E-state index contributed by atoms with van der Waals surface area (Å²) in [6.45, 7) is 10.1. The van der Waals surface area contributed by atoms with Crippen molar-refractivity contribution < 1.29 is 9.53 Å². The number of para-hydroxylation sites is 1. The van der Waals surface area contributed by atoms with E-state index < -0.39 is 0 Å². The molecular weight excluding hydrogens is 264 g/mol. The van der Waals surface area contributed by atoms with Crippen LogP contribution in [0.3, 0.4) is 0 Å². The summed E-state index contributed by atoms with van der Waals surface area (Å²) in [5, 5.41) is 4.61. The third kappa shape index (κ3) is 2.84. The van der Waals surface area contributed by atoms with Crippen molar-refractivity contribution in [2.45, 2.75) is 40.5 Å². The maximum atomic E-state index is 12.0. The standard InChI is InChI=1S/C17H22N2O2/c1-6-21-17(20)12(3)16-13(4)18-19(14(16)5)15-10-8-7-9-11(15)2/h7-10,12H,6H2,1-5H3. The van der Waals surface area contributed by atoms with Gasteiger partial charge in [0.05, 0.1) is 23.9 Å². The first-order valence-corrected chi connectivity index (χ1v) is 7.26. The average molecular weight is 286 g/mol. The number of hydrogen-bond acceptors (Lipinski definition) is 3. The van der Waals surface area contributed by atoms with E-state index in [1.807, 2.05) is 50.6 Å². The molecule has 0 saturated carbocycles. The van der Waals surface area contributed by atoms with Gasteiger partial charge in [0, 0.05) is 11.3 Å². The fourth-order valence-electron chi connectivity index (χ4n) is 2.70. The van der Waals surface area contributed by atoms with E-state index in [0.717, 1.165) is 28.2 Å². The molecule has 4 nitrogen and oxygen atoms in total. The Bertz CT molecular complexity index is 659. The fraction of sp³-hybridized carbons (Fsp3) is 0.412. The molecule has 1 aromatic carbocycles. The van der Waals surface area contributed by atoms with E-state index in [0.29, 0.717) is 6.61 Å². The summed E-state index contributed by atoms with van der Waals surface area (Å²) < 4.78 is 7.04. The lowest BCUT2D eigenvalue weighted by atomic mass is 9.99. The van der Waals surface area contributed by atoms with Crippen molar-refractivity contribution in [1.29, 1.82) is 0 Å². The summed E-state index contributed by atoms with van der Waals surface area (Å²) in [5.41, 5.74) is 5.01. The van der Waals surface area contributed by atoms with Crippen LogP contribution >= 0.6 is 0 Å². The molecule has 1 aromatic heterocycles. The van der Waals surface area contributed by atoms with Gasteiger partial charge in [0.1, 0.15) is 0 Å². The predicted molar refractivity (Wildman–Crippen MR) is 82.8 cm³/mol. The molecule has 0 N–H and O–H groups in total. The van der Waals surface area contributed by atoms with Gasteiger partial charge in [-0.15, -0.1) is 0 Å². The first-order valence-electron chi connectivity index (χ1n) is 7.26. The Hall–Kier alpha value is -2.10. The van der Waals surface area contributed by atoms with E-state index in [9.17, 15) is 4.79 Å². The van der Waals surface area contributed by atoms with Crippen molar-refractivity contribution >= 4 is 5.97 Å². The number of nitrogens with zero attached hydrogens (tertiary/aromatic N) is 2. The molecule has 112 valence electrons. The maximum Gasteiger partial charge on any atom is 0.313 e. The summed E-state index contributed by atoms with van der Waals surface area (Å²) in [4.78, 5) is 12.0. The second-order valence-electron chi connectivity index (χ2n) is 5.26. The van der Waals surface area contributed by atoms with Gasteiger partial charge in [0.2, 0.25) is 0 Å². The van der Waals surface area contributed by atoms with Gasteiger partial charge in [-0.25, -0.2) is 4.68 Å². The molecule has 21 heavy (non-hydrogen) atoms. The Morgan fingerprint density at radius 3 is 2.57 bits per heavy atom. The van der Waals surface area contributed by atoms with Gasteiger partial charge in [-0.05, 0) is 46.2 Å². The van der Waals surface area contributed by atoms with Gasteiger partial charge in [-0.1, -0.05) is 18.2 Å². The normalized spacial score (nSPS) is 12.2. The fourth-order valence-corrected chi connectivity index (χ4v) is 2.70. The number of aromatic nitrogens is 2. The summed E-state index contributed by atoms with van der Waals surface area (Å²) in [7, 11) is 0. The number of benzene rings is 1. The molecule has 1 heterocycles. The highest BCUT2D eigenvalue weighted by Gasteiger charge is 2.24. The van der Waals surface area contributed by atoms with Gasteiger partial charge in [-0.2, -0.15) is 5.10 Å². The minimum Gasteiger partial charge on any atom is -0.466 e. The van der Waals surface area contributed by atoms with E-state index in [1.54, 1.807) is 0 Å². The number of esters is 1. The van der Waals surface area contributed by atoms with Gasteiger partial charge >= 0.3 is 5.97 Å². The lowest BCUT2D eigenvalue weighted by Crippen LogP contribution is -2.14. The highest BCUT2D eigenvalue weighted by Crippen LogP contribution is 2.27. The molecule has 1 unspecified atom stereocenters. The van der Waals surface area contributed by atoms with Crippen molar-refractivity contribution in [3.63, 3.8) is 0 Å². The predicted octanol–water partition coefficient (Wildman–Crippen LogP) is 3.46. The molecule has 4 heteroatoms. The molecule has 1 atom stereocenters. The number of ether oxygens (including phenoxy) is 1. The van der Waals surface area contributed by atoms with E-state index in [-0.39, 0.29) is 11.9 Å². The highest BCUT2D eigenvalue weighted by molar-refractivity contribution is 5.78. The smallest absolute Gasteiger partial charge is 0.313 e. The van der Waals surface area contributed by atoms with E-state index in [2.05, 4.69) is 18.1 Å². The zero-order valence-corrected chi connectivity index (χ0v) is 13.3. The van der Waals surface area contributed by atoms with Gasteiger partial charge in [0.25, 0.3) is 0 Å². The molecule has 0 bridgehead atoms. The van der Waals surface area contributed by atoms with E-state index >= 15 is 0 Å². The third-order valence-electron chi connectivity index (χ3n) is 3.76. The van der Waals surface area contributed by atoms with Crippen LogP contribution in [0.25, 0.3) is 5.69 Å². The quantitative estimate of drug-likeness (QED) is 0.808. The molecule has 2 rings (SSSR count). The lowest BCUT2D eigenvalue weighted by molar-refractivity contribution is -0.144. The van der Waals surface area contributed by atoms with E-state index in [4.69, 9.17) is 4.74 Å². The van der Waals surface area contributed by atoms with Crippen molar-refractivity contribution in [2.24, 2.45) is 0 Å². The summed E-state index contributed by atoms with van der Waals surface area (Å²) in [6, 6.07) is 8.09. The Kier molecular flexibility index (Phi) is 4.46. The molecule has 0 saturated heterocycles. The molecule has 0 aliphatic carbocycles. The second-order valence-corrected chi connectivity index (χ2v) is 5.26. The zero-order chi connectivity index (χ0) is 15.6. The van der Waals surface area contributed by atoms with Crippen LogP contribution in [0.4, 0.5) is 0 Å². The lowest BCUT2D eigenvalue weighted by Gasteiger charge is -2.12. The monoisotopic (exact) mass is 286 g/mol.